The monoisotopic (exact) mass is 562 g/mol. The third kappa shape index (κ3) is 3.28. The topological polar surface area (TPSA) is 71.1 Å². The van der Waals surface area contributed by atoms with E-state index < -0.39 is 23.1 Å². The van der Waals surface area contributed by atoms with Crippen LogP contribution in [0.25, 0.3) is 0 Å². The number of carbonyl (C=O) groups is 2. The Labute approximate surface area is 200 Å². The first-order chi connectivity index (χ1) is 14.8. The molecule has 4 saturated carbocycles. The van der Waals surface area contributed by atoms with Gasteiger partial charge in [-0.2, -0.15) is 0 Å². The van der Waals surface area contributed by atoms with Gasteiger partial charge < -0.3 is 18.9 Å². The van der Waals surface area contributed by atoms with Crippen molar-refractivity contribution in [2.75, 3.05) is 26.4 Å². The molecule has 31 heavy (non-hydrogen) atoms. The van der Waals surface area contributed by atoms with Crippen LogP contribution in [0.4, 0.5) is 0 Å². The van der Waals surface area contributed by atoms with E-state index in [0.29, 0.717) is 49.7 Å². The Kier molecular flexibility index (Phi) is 5.80. The van der Waals surface area contributed by atoms with Crippen molar-refractivity contribution >= 4 is 43.8 Å². The lowest BCUT2D eigenvalue weighted by atomic mass is 9.68. The lowest BCUT2D eigenvalue weighted by Gasteiger charge is -2.37. The van der Waals surface area contributed by atoms with Crippen LogP contribution >= 0.6 is 31.9 Å². The summed E-state index contributed by atoms with van der Waals surface area (Å²) in [5.74, 6) is 0.441. The second-order valence-corrected chi connectivity index (χ2v) is 13.6. The number of carbonyl (C=O) groups excluding carboxylic acids is 2. The summed E-state index contributed by atoms with van der Waals surface area (Å²) in [4.78, 5) is 27.0. The minimum Gasteiger partial charge on any atom is -0.465 e. The zero-order valence-electron chi connectivity index (χ0n) is 18.2. The molecular weight excluding hydrogens is 532 g/mol. The van der Waals surface area contributed by atoms with Crippen molar-refractivity contribution in [2.45, 2.75) is 61.4 Å². The molecule has 0 bridgehead atoms. The predicted molar refractivity (Wildman–Crippen MR) is 120 cm³/mol. The Morgan fingerprint density at radius 2 is 1.52 bits per heavy atom. The van der Waals surface area contributed by atoms with Crippen molar-refractivity contribution in [1.29, 1.82) is 0 Å². The lowest BCUT2D eigenvalue weighted by molar-refractivity contribution is -0.200. The van der Waals surface area contributed by atoms with Crippen LogP contribution in [0.2, 0.25) is 0 Å². The SMILES string of the molecule is CCOC(=O)C1(C(=O)OCC)CC2C(CCC3C2C3(Br)Br)C2CCC3(OCCO3)C2C1. The number of alkyl halides is 2. The molecule has 0 aromatic heterocycles. The number of halogens is 2. The minimum absolute atomic E-state index is 0.00540. The Bertz CT molecular complexity index is 728. The van der Waals surface area contributed by atoms with Crippen molar-refractivity contribution in [1.82, 2.24) is 0 Å². The van der Waals surface area contributed by atoms with Crippen molar-refractivity contribution < 1.29 is 28.5 Å². The average Bonchev–Trinajstić information content (AvgIpc) is 3.03. The first kappa shape index (κ1) is 22.6. The second-order valence-electron chi connectivity index (χ2n) is 9.96. The Morgan fingerprint density at radius 3 is 2.13 bits per heavy atom. The van der Waals surface area contributed by atoms with Gasteiger partial charge in [0.1, 0.15) is 0 Å². The fourth-order valence-electron chi connectivity index (χ4n) is 7.58. The fourth-order valence-corrected chi connectivity index (χ4v) is 9.66. The van der Waals surface area contributed by atoms with Crippen LogP contribution in [-0.2, 0) is 28.5 Å². The highest BCUT2D eigenvalue weighted by molar-refractivity contribution is 9.25. The van der Waals surface area contributed by atoms with E-state index >= 15 is 0 Å². The molecule has 8 heteroatoms. The van der Waals surface area contributed by atoms with E-state index in [2.05, 4.69) is 31.9 Å². The number of rotatable bonds is 4. The van der Waals surface area contributed by atoms with Crippen LogP contribution in [0.1, 0.15) is 52.4 Å². The second kappa shape index (κ2) is 7.95. The van der Waals surface area contributed by atoms with Crippen LogP contribution in [0.5, 0.6) is 0 Å². The summed E-state index contributed by atoms with van der Waals surface area (Å²) in [6, 6.07) is 0. The van der Waals surface area contributed by atoms with Gasteiger partial charge in [0.05, 0.1) is 29.7 Å². The maximum atomic E-state index is 13.5. The van der Waals surface area contributed by atoms with Gasteiger partial charge >= 0.3 is 11.9 Å². The van der Waals surface area contributed by atoms with Gasteiger partial charge in [-0.1, -0.05) is 31.9 Å². The number of fused-ring (bicyclic) bond motifs is 6. The zero-order valence-corrected chi connectivity index (χ0v) is 21.4. The molecule has 1 aliphatic heterocycles. The number of hydrogen-bond acceptors (Lipinski definition) is 6. The van der Waals surface area contributed by atoms with Crippen LogP contribution < -0.4 is 0 Å². The van der Waals surface area contributed by atoms with E-state index in [1.54, 1.807) is 13.8 Å². The summed E-state index contributed by atoms with van der Waals surface area (Å²) >= 11 is 7.81. The Hall–Kier alpha value is -0.180. The van der Waals surface area contributed by atoms with E-state index in [0.717, 1.165) is 25.7 Å². The van der Waals surface area contributed by atoms with Gasteiger partial charge in [-0.05, 0) is 75.5 Å². The maximum absolute atomic E-state index is 13.5. The van der Waals surface area contributed by atoms with E-state index in [-0.39, 0.29) is 28.3 Å². The normalized spacial score (nSPS) is 40.9. The minimum atomic E-state index is -1.30. The average molecular weight is 564 g/mol. The molecule has 0 amide bonds. The number of esters is 2. The quantitative estimate of drug-likeness (QED) is 0.286. The van der Waals surface area contributed by atoms with E-state index in [1.165, 1.54) is 0 Å². The predicted octanol–water partition coefficient (Wildman–Crippen LogP) is 4.42. The molecule has 1 saturated heterocycles. The molecular formula is C23H32Br2O6. The third-order valence-corrected chi connectivity index (χ3v) is 11.0. The van der Waals surface area contributed by atoms with E-state index in [1.807, 2.05) is 0 Å². The van der Waals surface area contributed by atoms with Gasteiger partial charge in [0.2, 0.25) is 0 Å². The molecule has 1 spiro atoms. The molecule has 0 aromatic rings. The van der Waals surface area contributed by atoms with Crippen LogP contribution in [-0.4, -0.2) is 47.4 Å². The van der Waals surface area contributed by atoms with Gasteiger partial charge in [-0.3, -0.25) is 9.59 Å². The molecule has 0 N–H and O–H groups in total. The summed E-state index contributed by atoms with van der Waals surface area (Å²) in [5, 5.41) is 0. The summed E-state index contributed by atoms with van der Waals surface area (Å²) in [6.07, 6.45) is 4.99. The summed E-state index contributed by atoms with van der Waals surface area (Å²) in [7, 11) is 0. The summed E-state index contributed by atoms with van der Waals surface area (Å²) in [6.45, 7) is 5.21. The molecule has 6 unspecified atom stereocenters. The highest BCUT2D eigenvalue weighted by Crippen LogP contribution is 2.74. The highest BCUT2D eigenvalue weighted by atomic mass is 79.9. The Balaban J connectivity index is 1.60. The smallest absolute Gasteiger partial charge is 0.323 e. The van der Waals surface area contributed by atoms with E-state index in [4.69, 9.17) is 18.9 Å². The molecule has 5 rings (SSSR count). The van der Waals surface area contributed by atoms with Crippen molar-refractivity contribution in [3.63, 3.8) is 0 Å². The van der Waals surface area contributed by atoms with Gasteiger partial charge in [-0.25, -0.2) is 0 Å². The summed E-state index contributed by atoms with van der Waals surface area (Å²) < 4.78 is 23.4. The molecule has 0 aromatic carbocycles. The molecule has 1 heterocycles. The van der Waals surface area contributed by atoms with Gasteiger partial charge in [0.15, 0.2) is 11.2 Å². The van der Waals surface area contributed by atoms with Crippen molar-refractivity contribution in [3.05, 3.63) is 0 Å². The van der Waals surface area contributed by atoms with Crippen LogP contribution in [0.15, 0.2) is 0 Å². The van der Waals surface area contributed by atoms with E-state index in [9.17, 15) is 9.59 Å². The molecule has 6 atom stereocenters. The molecule has 5 fully saturated rings. The fraction of sp³-hybridized carbons (Fsp3) is 0.913. The highest BCUT2D eigenvalue weighted by Gasteiger charge is 2.72. The largest absolute Gasteiger partial charge is 0.465 e. The van der Waals surface area contributed by atoms with Crippen molar-refractivity contribution in [3.8, 4) is 0 Å². The van der Waals surface area contributed by atoms with Gasteiger partial charge in [-0.15, -0.1) is 0 Å². The van der Waals surface area contributed by atoms with Gasteiger partial charge in [0.25, 0.3) is 0 Å². The maximum Gasteiger partial charge on any atom is 0.323 e. The zero-order chi connectivity index (χ0) is 22.0. The Morgan fingerprint density at radius 1 is 0.871 bits per heavy atom. The van der Waals surface area contributed by atoms with Crippen LogP contribution in [0.3, 0.4) is 0 Å². The lowest BCUT2D eigenvalue weighted by Crippen LogP contribution is -2.47. The summed E-state index contributed by atoms with van der Waals surface area (Å²) in [5.41, 5.74) is -1.30. The van der Waals surface area contributed by atoms with Crippen molar-refractivity contribution in [2.24, 2.45) is 40.9 Å². The standard InChI is InChI=1S/C23H32Br2O6/c1-3-28-19(26)21(20(27)29-4-2)11-15-13(5-6-16-18(15)23(16,24)25)14-7-8-22(17(14)12-21)30-9-10-31-22/h13-18H,3-12H2,1-2H3. The van der Waals surface area contributed by atoms with Gasteiger partial charge in [0, 0.05) is 12.3 Å². The molecule has 0 radical (unpaired) electrons. The number of hydrogen-bond donors (Lipinski definition) is 0. The number of ether oxygens (including phenoxy) is 4. The molecule has 174 valence electrons. The molecule has 6 nitrogen and oxygen atoms in total. The first-order valence-electron chi connectivity index (χ1n) is 11.8. The third-order valence-electron chi connectivity index (χ3n) is 8.80. The molecule has 4 aliphatic carbocycles. The first-order valence-corrected chi connectivity index (χ1v) is 13.4. The van der Waals surface area contributed by atoms with Crippen LogP contribution in [0, 0.1) is 40.9 Å². The molecule has 5 aliphatic rings.